The topological polar surface area (TPSA) is 49.9 Å². The number of rotatable bonds is 5. The zero-order valence-corrected chi connectivity index (χ0v) is 11.9. The van der Waals surface area contributed by atoms with E-state index in [1.165, 1.54) is 0 Å². The highest BCUT2D eigenvalue weighted by molar-refractivity contribution is 5.69. The number of aromatic amines is 1. The molecule has 0 saturated carbocycles. The minimum absolute atomic E-state index is 0.445. The van der Waals surface area contributed by atoms with Crippen LogP contribution in [0, 0.1) is 6.92 Å². The molecule has 0 amide bonds. The summed E-state index contributed by atoms with van der Waals surface area (Å²) >= 11 is 0. The van der Waals surface area contributed by atoms with Crippen LogP contribution in [0.5, 0.6) is 5.75 Å². The van der Waals surface area contributed by atoms with Gasteiger partial charge in [-0.3, -0.25) is 0 Å². The van der Waals surface area contributed by atoms with E-state index < -0.39 is 0 Å². The second-order valence-corrected chi connectivity index (χ2v) is 4.89. The molecule has 0 fully saturated rings. The summed E-state index contributed by atoms with van der Waals surface area (Å²) in [5, 5.41) is 3.36. The predicted molar refractivity (Wildman–Crippen MR) is 77.3 cm³/mol. The van der Waals surface area contributed by atoms with Gasteiger partial charge in [0.05, 0.1) is 19.3 Å². The molecule has 2 aromatic rings. The molecular weight excluding hydrogens is 238 g/mol. The summed E-state index contributed by atoms with van der Waals surface area (Å²) in [4.78, 5) is 7.98. The summed E-state index contributed by atoms with van der Waals surface area (Å²) in [6.45, 7) is 7.02. The Morgan fingerprint density at radius 3 is 2.74 bits per heavy atom. The Morgan fingerprint density at radius 1 is 1.32 bits per heavy atom. The number of nitrogens with one attached hydrogen (secondary N) is 2. The lowest BCUT2D eigenvalue weighted by molar-refractivity contribution is 0.416. The van der Waals surface area contributed by atoms with Gasteiger partial charge in [-0.25, -0.2) is 4.98 Å². The number of nitrogens with zero attached hydrogens (tertiary/aromatic N) is 1. The molecule has 19 heavy (non-hydrogen) atoms. The molecule has 4 nitrogen and oxygen atoms in total. The number of ether oxygens (including phenoxy) is 1. The first-order valence-electron chi connectivity index (χ1n) is 6.54. The third-order valence-corrected chi connectivity index (χ3v) is 2.97. The average Bonchev–Trinajstić information content (AvgIpc) is 2.77. The van der Waals surface area contributed by atoms with E-state index in [4.69, 9.17) is 4.74 Å². The maximum Gasteiger partial charge on any atom is 0.128 e. The van der Waals surface area contributed by atoms with Crippen LogP contribution in [-0.4, -0.2) is 23.1 Å². The smallest absolute Gasteiger partial charge is 0.128 e. The number of para-hydroxylation sites is 1. The van der Waals surface area contributed by atoms with Crippen molar-refractivity contribution in [2.45, 2.75) is 33.4 Å². The van der Waals surface area contributed by atoms with E-state index in [0.717, 1.165) is 35.1 Å². The van der Waals surface area contributed by atoms with Crippen molar-refractivity contribution >= 4 is 0 Å². The van der Waals surface area contributed by atoms with Crippen molar-refractivity contribution in [3.8, 4) is 17.0 Å². The molecule has 0 aliphatic heterocycles. The standard InChI is InChI=1S/C15H21N3O/c1-10(2)16-9-14-17-11(3)15(18-14)12-7-5-6-8-13(12)19-4/h5-8,10,16H,9H2,1-4H3,(H,17,18). The summed E-state index contributed by atoms with van der Waals surface area (Å²) in [6, 6.07) is 8.39. The lowest BCUT2D eigenvalue weighted by Gasteiger charge is -2.06. The van der Waals surface area contributed by atoms with E-state index >= 15 is 0 Å². The fourth-order valence-corrected chi connectivity index (χ4v) is 2.01. The Morgan fingerprint density at radius 2 is 2.05 bits per heavy atom. The first kappa shape index (κ1) is 13.6. The first-order chi connectivity index (χ1) is 9.11. The summed E-state index contributed by atoms with van der Waals surface area (Å²) < 4.78 is 5.39. The number of methoxy groups -OCH3 is 1. The van der Waals surface area contributed by atoms with E-state index in [1.807, 2.05) is 31.2 Å². The molecule has 4 heteroatoms. The Bertz CT molecular complexity index is 546. The van der Waals surface area contributed by atoms with Gasteiger partial charge in [0, 0.05) is 17.3 Å². The number of benzene rings is 1. The number of hydrogen-bond donors (Lipinski definition) is 2. The molecule has 0 bridgehead atoms. The highest BCUT2D eigenvalue weighted by Gasteiger charge is 2.12. The third kappa shape index (κ3) is 3.15. The van der Waals surface area contributed by atoms with Crippen molar-refractivity contribution in [2.24, 2.45) is 0 Å². The zero-order valence-electron chi connectivity index (χ0n) is 11.9. The number of imidazole rings is 1. The monoisotopic (exact) mass is 259 g/mol. The molecule has 1 aromatic heterocycles. The van der Waals surface area contributed by atoms with Gasteiger partial charge in [-0.2, -0.15) is 0 Å². The molecule has 0 radical (unpaired) electrons. The van der Waals surface area contributed by atoms with Gasteiger partial charge in [-0.05, 0) is 19.1 Å². The summed E-state index contributed by atoms with van der Waals surface area (Å²) in [5.74, 6) is 1.80. The van der Waals surface area contributed by atoms with Crippen LogP contribution in [0.4, 0.5) is 0 Å². The van der Waals surface area contributed by atoms with Gasteiger partial charge in [0.2, 0.25) is 0 Å². The van der Waals surface area contributed by atoms with E-state index in [9.17, 15) is 0 Å². The molecule has 2 N–H and O–H groups in total. The number of aryl methyl sites for hydroxylation is 1. The molecule has 0 aliphatic carbocycles. The highest BCUT2D eigenvalue weighted by atomic mass is 16.5. The second kappa shape index (κ2) is 5.89. The maximum atomic E-state index is 5.39. The van der Waals surface area contributed by atoms with Gasteiger partial charge in [0.1, 0.15) is 11.6 Å². The van der Waals surface area contributed by atoms with E-state index in [-0.39, 0.29) is 0 Å². The minimum atomic E-state index is 0.445. The van der Waals surface area contributed by atoms with Crippen molar-refractivity contribution in [3.05, 3.63) is 35.8 Å². The number of hydrogen-bond acceptors (Lipinski definition) is 3. The van der Waals surface area contributed by atoms with E-state index in [1.54, 1.807) is 7.11 Å². The number of aromatic nitrogens is 2. The van der Waals surface area contributed by atoms with Crippen LogP contribution >= 0.6 is 0 Å². The largest absolute Gasteiger partial charge is 0.496 e. The lowest BCUT2D eigenvalue weighted by atomic mass is 10.1. The van der Waals surface area contributed by atoms with Gasteiger partial charge in [-0.15, -0.1) is 0 Å². The van der Waals surface area contributed by atoms with Crippen molar-refractivity contribution in [3.63, 3.8) is 0 Å². The molecule has 1 aromatic carbocycles. The van der Waals surface area contributed by atoms with Crippen molar-refractivity contribution in [2.75, 3.05) is 7.11 Å². The fraction of sp³-hybridized carbons (Fsp3) is 0.400. The Kier molecular flexibility index (Phi) is 4.22. The normalized spacial score (nSPS) is 11.0. The molecule has 0 atom stereocenters. The molecule has 0 spiro atoms. The van der Waals surface area contributed by atoms with Crippen LogP contribution in [0.25, 0.3) is 11.3 Å². The van der Waals surface area contributed by atoms with Gasteiger partial charge >= 0.3 is 0 Å². The van der Waals surface area contributed by atoms with E-state index in [0.29, 0.717) is 6.04 Å². The molecule has 102 valence electrons. The van der Waals surface area contributed by atoms with Crippen molar-refractivity contribution < 1.29 is 4.74 Å². The molecule has 0 aliphatic rings. The Balaban J connectivity index is 2.30. The summed E-state index contributed by atoms with van der Waals surface area (Å²) in [5.41, 5.74) is 3.04. The van der Waals surface area contributed by atoms with Crippen molar-refractivity contribution in [1.29, 1.82) is 0 Å². The zero-order chi connectivity index (χ0) is 13.8. The Labute approximate surface area is 114 Å². The second-order valence-electron chi connectivity index (χ2n) is 4.89. The number of H-pyrrole nitrogens is 1. The van der Waals surface area contributed by atoms with Crippen LogP contribution in [0.2, 0.25) is 0 Å². The SMILES string of the molecule is COc1ccccc1-c1nc(CNC(C)C)[nH]c1C. The Hall–Kier alpha value is -1.81. The fourth-order valence-electron chi connectivity index (χ4n) is 2.01. The molecule has 0 unspecified atom stereocenters. The molecular formula is C15H21N3O. The van der Waals surface area contributed by atoms with Gasteiger partial charge < -0.3 is 15.0 Å². The maximum absolute atomic E-state index is 5.39. The van der Waals surface area contributed by atoms with Crippen LogP contribution < -0.4 is 10.1 Å². The summed E-state index contributed by atoms with van der Waals surface area (Å²) in [7, 11) is 1.68. The first-order valence-corrected chi connectivity index (χ1v) is 6.54. The van der Waals surface area contributed by atoms with Crippen LogP contribution in [0.15, 0.2) is 24.3 Å². The summed E-state index contributed by atoms with van der Waals surface area (Å²) in [6.07, 6.45) is 0. The van der Waals surface area contributed by atoms with Gasteiger partial charge in [-0.1, -0.05) is 26.0 Å². The molecule has 1 heterocycles. The van der Waals surface area contributed by atoms with Crippen LogP contribution in [0.3, 0.4) is 0 Å². The third-order valence-electron chi connectivity index (χ3n) is 2.97. The van der Waals surface area contributed by atoms with Gasteiger partial charge in [0.15, 0.2) is 0 Å². The predicted octanol–water partition coefficient (Wildman–Crippen LogP) is 2.89. The molecule has 2 rings (SSSR count). The lowest BCUT2D eigenvalue weighted by Crippen LogP contribution is -2.22. The molecule has 0 saturated heterocycles. The quantitative estimate of drug-likeness (QED) is 0.868. The van der Waals surface area contributed by atoms with Gasteiger partial charge in [0.25, 0.3) is 0 Å². The van der Waals surface area contributed by atoms with Crippen LogP contribution in [-0.2, 0) is 6.54 Å². The van der Waals surface area contributed by atoms with Crippen LogP contribution in [0.1, 0.15) is 25.4 Å². The highest BCUT2D eigenvalue weighted by Crippen LogP contribution is 2.30. The van der Waals surface area contributed by atoms with E-state index in [2.05, 4.69) is 29.1 Å². The minimum Gasteiger partial charge on any atom is -0.496 e. The van der Waals surface area contributed by atoms with Crippen molar-refractivity contribution in [1.82, 2.24) is 15.3 Å². The average molecular weight is 259 g/mol.